The zero-order chi connectivity index (χ0) is 13.3. The second-order valence-corrected chi connectivity index (χ2v) is 6.18. The summed E-state index contributed by atoms with van der Waals surface area (Å²) in [5.74, 6) is -1.78. The van der Waals surface area contributed by atoms with Crippen molar-refractivity contribution < 1.29 is 17.2 Å². The van der Waals surface area contributed by atoms with Gasteiger partial charge in [-0.3, -0.25) is 0 Å². The molecule has 1 atom stereocenters. The van der Waals surface area contributed by atoms with Gasteiger partial charge in [-0.05, 0) is 25.6 Å². The number of rotatable bonds is 3. The average Bonchev–Trinajstić information content (AvgIpc) is 2.76. The molecule has 4 nitrogen and oxygen atoms in total. The maximum Gasteiger partial charge on any atom is 0.243 e. The SMILES string of the molecule is CNC1CCN(S(=O)(=O)c2cc(F)cc(F)c2)C1.Cl. The van der Waals surface area contributed by atoms with E-state index in [1.54, 1.807) is 7.05 Å². The summed E-state index contributed by atoms with van der Waals surface area (Å²) in [4.78, 5) is -0.336. The predicted molar refractivity (Wildman–Crippen MR) is 69.8 cm³/mol. The van der Waals surface area contributed by atoms with Crippen molar-refractivity contribution >= 4 is 22.4 Å². The van der Waals surface area contributed by atoms with Crippen molar-refractivity contribution in [2.75, 3.05) is 20.1 Å². The molecule has 1 fully saturated rings. The van der Waals surface area contributed by atoms with E-state index in [0.29, 0.717) is 25.6 Å². The summed E-state index contributed by atoms with van der Waals surface area (Å²) in [7, 11) is -2.06. The molecular weight excluding hydrogens is 298 g/mol. The first-order chi connectivity index (χ1) is 8.43. The maximum atomic E-state index is 13.1. The number of likely N-dealkylation sites (N-methyl/N-ethyl adjacent to an activating group) is 1. The third-order valence-electron chi connectivity index (χ3n) is 3.03. The molecule has 1 aromatic carbocycles. The molecule has 2 rings (SSSR count). The van der Waals surface area contributed by atoms with Crippen molar-refractivity contribution in [3.8, 4) is 0 Å². The van der Waals surface area contributed by atoms with Crippen LogP contribution < -0.4 is 5.32 Å². The standard InChI is InChI=1S/C11H14F2N2O2S.ClH/c1-14-10-2-3-15(7-10)18(16,17)11-5-8(12)4-9(13)6-11;/h4-6,10,14H,2-3,7H2,1H3;1H. The Hall–Kier alpha value is -0.760. The highest BCUT2D eigenvalue weighted by atomic mass is 35.5. The molecule has 0 radical (unpaired) electrons. The van der Waals surface area contributed by atoms with Crippen LogP contribution in [0.25, 0.3) is 0 Å². The van der Waals surface area contributed by atoms with Crippen molar-refractivity contribution in [1.82, 2.24) is 9.62 Å². The molecular formula is C11H15ClF2N2O2S. The maximum absolute atomic E-state index is 13.1. The summed E-state index contributed by atoms with van der Waals surface area (Å²) >= 11 is 0. The van der Waals surface area contributed by atoms with E-state index >= 15 is 0 Å². The predicted octanol–water partition coefficient (Wildman–Crippen LogP) is 1.37. The van der Waals surface area contributed by atoms with E-state index in [1.807, 2.05) is 0 Å². The van der Waals surface area contributed by atoms with Gasteiger partial charge in [0.15, 0.2) is 0 Å². The Kier molecular flexibility index (Phi) is 5.26. The van der Waals surface area contributed by atoms with Gasteiger partial charge in [0.2, 0.25) is 10.0 Å². The molecule has 1 N–H and O–H groups in total. The van der Waals surface area contributed by atoms with Crippen LogP contribution in [0, 0.1) is 11.6 Å². The normalized spacial score (nSPS) is 20.3. The van der Waals surface area contributed by atoms with Crippen molar-refractivity contribution in [1.29, 1.82) is 0 Å². The number of nitrogens with one attached hydrogen (secondary N) is 1. The van der Waals surface area contributed by atoms with Crippen molar-refractivity contribution in [3.05, 3.63) is 29.8 Å². The highest BCUT2D eigenvalue weighted by Crippen LogP contribution is 2.22. The lowest BCUT2D eigenvalue weighted by Gasteiger charge is -2.16. The smallest absolute Gasteiger partial charge is 0.243 e. The number of halogens is 3. The van der Waals surface area contributed by atoms with Gasteiger partial charge in [0.05, 0.1) is 4.90 Å². The Morgan fingerprint density at radius 1 is 1.26 bits per heavy atom. The molecule has 0 spiro atoms. The minimum Gasteiger partial charge on any atom is -0.316 e. The number of hydrogen-bond donors (Lipinski definition) is 1. The lowest BCUT2D eigenvalue weighted by Crippen LogP contribution is -2.33. The van der Waals surface area contributed by atoms with Gasteiger partial charge in [-0.15, -0.1) is 12.4 Å². The summed E-state index contributed by atoms with van der Waals surface area (Å²) in [6.45, 7) is 0.670. The number of nitrogens with zero attached hydrogens (tertiary/aromatic N) is 1. The van der Waals surface area contributed by atoms with E-state index in [1.165, 1.54) is 4.31 Å². The van der Waals surface area contributed by atoms with Gasteiger partial charge < -0.3 is 5.32 Å². The Bertz CT molecular complexity index is 533. The molecule has 0 amide bonds. The van der Waals surface area contributed by atoms with Gasteiger partial charge in [0.1, 0.15) is 11.6 Å². The minimum atomic E-state index is -3.81. The molecule has 0 saturated carbocycles. The van der Waals surface area contributed by atoms with Gasteiger partial charge in [0, 0.05) is 25.2 Å². The van der Waals surface area contributed by atoms with Crippen LogP contribution in [0.1, 0.15) is 6.42 Å². The van der Waals surface area contributed by atoms with Crippen LogP contribution in [0.4, 0.5) is 8.78 Å². The third kappa shape index (κ3) is 3.42. The van der Waals surface area contributed by atoms with Crippen LogP contribution in [0.3, 0.4) is 0 Å². The summed E-state index contributed by atoms with van der Waals surface area (Å²) in [5.41, 5.74) is 0. The lowest BCUT2D eigenvalue weighted by molar-refractivity contribution is 0.462. The first-order valence-electron chi connectivity index (χ1n) is 5.57. The molecule has 0 aliphatic carbocycles. The van der Waals surface area contributed by atoms with Crippen LogP contribution in [0.2, 0.25) is 0 Å². The van der Waals surface area contributed by atoms with Crippen LogP contribution >= 0.6 is 12.4 Å². The summed E-state index contributed by atoms with van der Waals surface area (Å²) in [6.07, 6.45) is 0.688. The van der Waals surface area contributed by atoms with Crippen molar-refractivity contribution in [2.24, 2.45) is 0 Å². The van der Waals surface area contributed by atoms with Gasteiger partial charge in [-0.25, -0.2) is 17.2 Å². The lowest BCUT2D eigenvalue weighted by atomic mass is 10.3. The molecule has 19 heavy (non-hydrogen) atoms. The first-order valence-corrected chi connectivity index (χ1v) is 7.01. The zero-order valence-corrected chi connectivity index (χ0v) is 11.9. The molecule has 1 aliphatic heterocycles. The summed E-state index contributed by atoms with van der Waals surface area (Å²) in [6, 6.07) is 2.41. The monoisotopic (exact) mass is 312 g/mol. The molecule has 0 bridgehead atoms. The molecule has 1 unspecified atom stereocenters. The molecule has 8 heteroatoms. The van der Waals surface area contributed by atoms with Gasteiger partial charge in [-0.1, -0.05) is 0 Å². The Labute approximate surface area is 117 Å². The Morgan fingerprint density at radius 3 is 2.32 bits per heavy atom. The zero-order valence-electron chi connectivity index (χ0n) is 10.3. The van der Waals surface area contributed by atoms with Crippen molar-refractivity contribution in [3.63, 3.8) is 0 Å². The van der Waals surface area contributed by atoms with E-state index in [0.717, 1.165) is 12.1 Å². The van der Waals surface area contributed by atoms with Crippen LogP contribution in [0.15, 0.2) is 23.1 Å². The number of benzene rings is 1. The van der Waals surface area contributed by atoms with Crippen LogP contribution in [-0.4, -0.2) is 38.9 Å². The van der Waals surface area contributed by atoms with E-state index in [9.17, 15) is 17.2 Å². The van der Waals surface area contributed by atoms with Crippen LogP contribution in [-0.2, 0) is 10.0 Å². The third-order valence-corrected chi connectivity index (χ3v) is 4.88. The second-order valence-electron chi connectivity index (χ2n) is 4.24. The fourth-order valence-electron chi connectivity index (χ4n) is 2.01. The number of sulfonamides is 1. The highest BCUT2D eigenvalue weighted by Gasteiger charge is 2.32. The van der Waals surface area contributed by atoms with Gasteiger partial charge >= 0.3 is 0 Å². The van der Waals surface area contributed by atoms with Gasteiger partial charge in [0.25, 0.3) is 0 Å². The average molecular weight is 313 g/mol. The van der Waals surface area contributed by atoms with E-state index in [4.69, 9.17) is 0 Å². The van der Waals surface area contributed by atoms with Crippen LogP contribution in [0.5, 0.6) is 0 Å². The topological polar surface area (TPSA) is 49.4 Å². The van der Waals surface area contributed by atoms with E-state index in [-0.39, 0.29) is 23.3 Å². The molecule has 0 aromatic heterocycles. The molecule has 1 heterocycles. The fraction of sp³-hybridized carbons (Fsp3) is 0.455. The van der Waals surface area contributed by atoms with E-state index < -0.39 is 21.7 Å². The highest BCUT2D eigenvalue weighted by molar-refractivity contribution is 7.89. The second kappa shape index (κ2) is 6.13. The molecule has 1 aliphatic rings. The minimum absolute atomic E-state index is 0. The summed E-state index contributed by atoms with van der Waals surface area (Å²) in [5, 5.41) is 2.99. The Balaban J connectivity index is 0.00000180. The molecule has 1 aromatic rings. The molecule has 108 valence electrons. The van der Waals surface area contributed by atoms with Crippen molar-refractivity contribution in [2.45, 2.75) is 17.4 Å². The van der Waals surface area contributed by atoms with E-state index in [2.05, 4.69) is 5.32 Å². The largest absolute Gasteiger partial charge is 0.316 e. The van der Waals surface area contributed by atoms with Gasteiger partial charge in [-0.2, -0.15) is 4.31 Å². The first kappa shape index (κ1) is 16.3. The number of hydrogen-bond acceptors (Lipinski definition) is 3. The Morgan fingerprint density at radius 2 is 1.84 bits per heavy atom. The quantitative estimate of drug-likeness (QED) is 0.917. The summed E-state index contributed by atoms with van der Waals surface area (Å²) < 4.78 is 51.7. The fourth-order valence-corrected chi connectivity index (χ4v) is 3.55. The molecule has 1 saturated heterocycles.